The largest absolute Gasteiger partial charge is 0.378 e. The number of benzene rings is 3. The Bertz CT molecular complexity index is 1030. The monoisotopic (exact) mass is 391 g/mol. The van der Waals surface area contributed by atoms with Crippen LogP contribution in [-0.2, 0) is 0 Å². The summed E-state index contributed by atoms with van der Waals surface area (Å²) >= 11 is 12.4. The highest BCUT2D eigenvalue weighted by atomic mass is 35.5. The summed E-state index contributed by atoms with van der Waals surface area (Å²) in [5.41, 5.74) is 6.31. The molecule has 1 aliphatic heterocycles. The fourth-order valence-corrected chi connectivity index (χ4v) is 4.75. The highest BCUT2D eigenvalue weighted by molar-refractivity contribution is 6.42. The first-order valence-corrected chi connectivity index (χ1v) is 10.0. The summed E-state index contributed by atoms with van der Waals surface area (Å²) in [5.74, 6) is 0.908. The average Bonchev–Trinajstić information content (AvgIpc) is 3.20. The van der Waals surface area contributed by atoms with E-state index in [-0.39, 0.29) is 6.04 Å². The van der Waals surface area contributed by atoms with Gasteiger partial charge in [-0.25, -0.2) is 0 Å². The zero-order valence-electron chi connectivity index (χ0n) is 14.7. The maximum atomic E-state index is 6.29. The molecule has 0 saturated carbocycles. The van der Waals surface area contributed by atoms with E-state index in [2.05, 4.69) is 72.1 Å². The molecule has 0 aromatic heterocycles. The van der Waals surface area contributed by atoms with Crippen LogP contribution >= 0.6 is 23.2 Å². The van der Waals surface area contributed by atoms with Crippen molar-refractivity contribution in [3.8, 4) is 11.1 Å². The van der Waals surface area contributed by atoms with Crippen LogP contribution in [0.1, 0.15) is 29.5 Å². The van der Waals surface area contributed by atoms with Crippen molar-refractivity contribution in [1.29, 1.82) is 0 Å². The van der Waals surface area contributed by atoms with Gasteiger partial charge in [0.15, 0.2) is 0 Å². The highest BCUT2D eigenvalue weighted by Gasteiger charge is 2.38. The highest BCUT2D eigenvalue weighted by Crippen LogP contribution is 2.50. The molecule has 3 heteroatoms. The lowest BCUT2D eigenvalue weighted by Crippen LogP contribution is -2.29. The third-order valence-electron chi connectivity index (χ3n) is 5.77. The van der Waals surface area contributed by atoms with Gasteiger partial charge in [0.2, 0.25) is 0 Å². The van der Waals surface area contributed by atoms with Crippen LogP contribution in [-0.4, -0.2) is 0 Å². The minimum absolute atomic E-state index is 0.231. The molecular weight excluding hydrogens is 373 g/mol. The zero-order valence-corrected chi connectivity index (χ0v) is 16.2. The maximum absolute atomic E-state index is 6.29. The number of allylic oxidation sites excluding steroid dienone is 2. The molecule has 0 bridgehead atoms. The van der Waals surface area contributed by atoms with Gasteiger partial charge in [0.05, 0.1) is 16.1 Å². The second-order valence-corrected chi connectivity index (χ2v) is 8.13. The molecule has 3 atom stereocenters. The van der Waals surface area contributed by atoms with Crippen molar-refractivity contribution in [3.63, 3.8) is 0 Å². The fourth-order valence-electron chi connectivity index (χ4n) is 4.44. The topological polar surface area (TPSA) is 12.0 Å². The van der Waals surface area contributed by atoms with E-state index in [0.29, 0.717) is 21.9 Å². The minimum atomic E-state index is 0.231. The van der Waals surface area contributed by atoms with Gasteiger partial charge in [-0.1, -0.05) is 77.8 Å². The lowest BCUT2D eigenvalue weighted by Gasteiger charge is -2.38. The molecule has 0 saturated heterocycles. The van der Waals surface area contributed by atoms with Crippen LogP contribution < -0.4 is 5.32 Å². The molecule has 0 fully saturated rings. The summed E-state index contributed by atoms with van der Waals surface area (Å²) < 4.78 is 0. The minimum Gasteiger partial charge on any atom is -0.378 e. The van der Waals surface area contributed by atoms with Gasteiger partial charge in [0, 0.05) is 11.6 Å². The van der Waals surface area contributed by atoms with E-state index in [1.54, 1.807) is 0 Å². The van der Waals surface area contributed by atoms with Crippen LogP contribution in [0.15, 0.2) is 78.9 Å². The second kappa shape index (κ2) is 6.74. The van der Waals surface area contributed by atoms with Gasteiger partial charge in [0.1, 0.15) is 0 Å². The van der Waals surface area contributed by atoms with E-state index < -0.39 is 0 Å². The van der Waals surface area contributed by atoms with Crippen LogP contribution in [0.5, 0.6) is 0 Å². The molecule has 27 heavy (non-hydrogen) atoms. The van der Waals surface area contributed by atoms with Crippen molar-refractivity contribution in [2.24, 2.45) is 5.92 Å². The Kier molecular flexibility index (Phi) is 4.22. The molecule has 3 aromatic carbocycles. The van der Waals surface area contributed by atoms with Crippen molar-refractivity contribution >= 4 is 28.9 Å². The van der Waals surface area contributed by atoms with E-state index in [1.807, 2.05) is 12.1 Å². The number of anilines is 1. The normalized spacial score (nSPS) is 22.8. The average molecular weight is 392 g/mol. The summed E-state index contributed by atoms with van der Waals surface area (Å²) in [6.45, 7) is 0. The molecule has 2 aliphatic rings. The quantitative estimate of drug-likeness (QED) is 0.446. The first-order valence-electron chi connectivity index (χ1n) is 9.28. The molecular formula is C24H19Cl2N. The van der Waals surface area contributed by atoms with Gasteiger partial charge in [-0.2, -0.15) is 0 Å². The molecule has 0 unspecified atom stereocenters. The Balaban J connectivity index is 1.56. The second-order valence-electron chi connectivity index (χ2n) is 7.32. The van der Waals surface area contributed by atoms with Crippen LogP contribution in [0.25, 0.3) is 11.1 Å². The van der Waals surface area contributed by atoms with Gasteiger partial charge in [-0.15, -0.1) is 0 Å². The number of rotatable bonds is 2. The van der Waals surface area contributed by atoms with Crippen LogP contribution in [0.2, 0.25) is 10.0 Å². The zero-order chi connectivity index (χ0) is 18.4. The van der Waals surface area contributed by atoms with Crippen molar-refractivity contribution in [2.45, 2.75) is 18.4 Å². The van der Waals surface area contributed by atoms with Crippen molar-refractivity contribution in [3.05, 3.63) is 100 Å². The molecule has 0 amide bonds. The first-order chi connectivity index (χ1) is 13.2. The molecule has 1 N–H and O–H groups in total. The van der Waals surface area contributed by atoms with Gasteiger partial charge < -0.3 is 5.32 Å². The Morgan fingerprint density at radius 2 is 1.67 bits per heavy atom. The standard InChI is InChI=1S/C24H19Cl2N/c25-21-11-9-17(14-22(21)26)24-19-8-4-7-18(19)20-13-16(10-12-23(20)27-24)15-5-2-1-3-6-15/h1-7,9-14,18-19,24,27H,8H2/t18-,19-,24-/m0/s1. The van der Waals surface area contributed by atoms with E-state index >= 15 is 0 Å². The Labute approximate surface area is 169 Å². The number of hydrogen-bond donors (Lipinski definition) is 1. The van der Waals surface area contributed by atoms with Crippen molar-refractivity contribution in [2.75, 3.05) is 5.32 Å². The van der Waals surface area contributed by atoms with E-state index in [1.165, 1.54) is 27.9 Å². The SMILES string of the molecule is Clc1ccc([C@@H]2Nc3ccc(-c4ccccc4)cc3[C@H]3C=CC[C@@H]32)cc1Cl. The molecule has 134 valence electrons. The van der Waals surface area contributed by atoms with E-state index in [9.17, 15) is 0 Å². The number of halogens is 2. The Morgan fingerprint density at radius 1 is 0.815 bits per heavy atom. The Morgan fingerprint density at radius 3 is 2.48 bits per heavy atom. The lowest BCUT2D eigenvalue weighted by molar-refractivity contribution is 0.425. The van der Waals surface area contributed by atoms with Gasteiger partial charge in [-0.05, 0) is 58.9 Å². The number of hydrogen-bond acceptors (Lipinski definition) is 1. The van der Waals surface area contributed by atoms with Crippen LogP contribution in [0, 0.1) is 5.92 Å². The number of nitrogens with one attached hydrogen (secondary N) is 1. The fraction of sp³-hybridized carbons (Fsp3) is 0.167. The first kappa shape index (κ1) is 16.9. The van der Waals surface area contributed by atoms with Gasteiger partial charge >= 0.3 is 0 Å². The molecule has 5 rings (SSSR count). The summed E-state index contributed by atoms with van der Waals surface area (Å²) in [6.07, 6.45) is 5.74. The van der Waals surface area contributed by atoms with Crippen LogP contribution in [0.3, 0.4) is 0 Å². The summed E-state index contributed by atoms with van der Waals surface area (Å²) in [4.78, 5) is 0. The summed E-state index contributed by atoms with van der Waals surface area (Å²) in [6, 6.07) is 23.5. The lowest BCUT2D eigenvalue weighted by atomic mass is 9.76. The number of fused-ring (bicyclic) bond motifs is 3. The van der Waals surface area contributed by atoms with Gasteiger partial charge in [0.25, 0.3) is 0 Å². The summed E-state index contributed by atoms with van der Waals surface area (Å²) in [7, 11) is 0. The predicted octanol–water partition coefficient (Wildman–Crippen LogP) is 7.49. The molecule has 0 radical (unpaired) electrons. The molecule has 1 aliphatic carbocycles. The van der Waals surface area contributed by atoms with Crippen molar-refractivity contribution in [1.82, 2.24) is 0 Å². The van der Waals surface area contributed by atoms with Crippen molar-refractivity contribution < 1.29 is 0 Å². The Hall–Kier alpha value is -2.22. The van der Waals surface area contributed by atoms with E-state index in [4.69, 9.17) is 23.2 Å². The molecule has 3 aromatic rings. The third-order valence-corrected chi connectivity index (χ3v) is 6.51. The maximum Gasteiger partial charge on any atom is 0.0595 e. The van der Waals surface area contributed by atoms with Gasteiger partial charge in [-0.3, -0.25) is 0 Å². The molecule has 1 heterocycles. The predicted molar refractivity (Wildman–Crippen MR) is 115 cm³/mol. The third kappa shape index (κ3) is 2.96. The van der Waals surface area contributed by atoms with E-state index in [0.717, 1.165) is 6.42 Å². The summed E-state index contributed by atoms with van der Waals surface area (Å²) in [5, 5.41) is 4.98. The smallest absolute Gasteiger partial charge is 0.0595 e. The molecule has 0 spiro atoms. The molecule has 1 nitrogen and oxygen atoms in total. The van der Waals surface area contributed by atoms with Crippen LogP contribution in [0.4, 0.5) is 5.69 Å².